The van der Waals surface area contributed by atoms with Gasteiger partial charge in [0.2, 0.25) is 0 Å². The zero-order chi connectivity index (χ0) is 15.6. The van der Waals surface area contributed by atoms with E-state index >= 15 is 0 Å². The van der Waals surface area contributed by atoms with Crippen LogP contribution in [0.5, 0.6) is 0 Å². The summed E-state index contributed by atoms with van der Waals surface area (Å²) in [6.07, 6.45) is -3.78. The van der Waals surface area contributed by atoms with Crippen molar-refractivity contribution in [3.63, 3.8) is 0 Å². The molecule has 1 unspecified atom stereocenters. The molecule has 1 aliphatic rings. The van der Waals surface area contributed by atoms with E-state index in [2.05, 4.69) is 10.3 Å². The zero-order valence-electron chi connectivity index (χ0n) is 11.6. The van der Waals surface area contributed by atoms with Crippen LogP contribution in [0.1, 0.15) is 29.4 Å². The van der Waals surface area contributed by atoms with Crippen LogP contribution in [0.15, 0.2) is 12.1 Å². The quantitative estimate of drug-likeness (QED) is 0.881. The van der Waals surface area contributed by atoms with Gasteiger partial charge < -0.3 is 16.0 Å². The number of alkyl halides is 3. The maximum absolute atomic E-state index is 12.8. The number of primary amides is 1. The lowest BCUT2D eigenvalue weighted by molar-refractivity contribution is -0.141. The van der Waals surface area contributed by atoms with E-state index in [0.29, 0.717) is 13.1 Å². The minimum absolute atomic E-state index is 0.00378. The number of nitrogens with one attached hydrogen (secondary N) is 1. The molecule has 1 aliphatic heterocycles. The highest BCUT2D eigenvalue weighted by atomic mass is 19.4. The summed E-state index contributed by atoms with van der Waals surface area (Å²) in [5.74, 6) is -0.774. The van der Waals surface area contributed by atoms with E-state index in [0.717, 1.165) is 25.1 Å². The first-order valence-corrected chi connectivity index (χ1v) is 6.70. The van der Waals surface area contributed by atoms with Crippen molar-refractivity contribution in [3.8, 4) is 0 Å². The van der Waals surface area contributed by atoms with Crippen molar-refractivity contribution in [1.82, 2.24) is 10.3 Å². The van der Waals surface area contributed by atoms with Crippen molar-refractivity contribution < 1.29 is 18.0 Å². The molecule has 1 aromatic rings. The van der Waals surface area contributed by atoms with Gasteiger partial charge in [-0.25, -0.2) is 4.98 Å². The average Bonchev–Trinajstić information content (AvgIpc) is 2.92. The fraction of sp³-hybridized carbons (Fsp3) is 0.538. The van der Waals surface area contributed by atoms with Crippen LogP contribution in [0.3, 0.4) is 0 Å². The maximum Gasteiger partial charge on any atom is 0.433 e. The molecular formula is C13H17F3N4O. The van der Waals surface area contributed by atoms with Gasteiger partial charge in [0.1, 0.15) is 11.5 Å². The van der Waals surface area contributed by atoms with Crippen molar-refractivity contribution >= 4 is 11.7 Å². The predicted molar refractivity (Wildman–Crippen MR) is 72.1 cm³/mol. The van der Waals surface area contributed by atoms with Gasteiger partial charge in [-0.3, -0.25) is 4.79 Å². The molecule has 21 heavy (non-hydrogen) atoms. The second-order valence-corrected chi connectivity index (χ2v) is 4.86. The minimum Gasteiger partial charge on any atom is -0.365 e. The predicted octanol–water partition coefficient (Wildman–Crippen LogP) is 1.39. The topological polar surface area (TPSA) is 71.2 Å². The second-order valence-electron chi connectivity index (χ2n) is 4.86. The average molecular weight is 302 g/mol. The van der Waals surface area contributed by atoms with Crippen LogP contribution < -0.4 is 16.0 Å². The van der Waals surface area contributed by atoms with Gasteiger partial charge in [0.15, 0.2) is 0 Å². The van der Waals surface area contributed by atoms with Crippen LogP contribution in [0.4, 0.5) is 19.0 Å². The largest absolute Gasteiger partial charge is 0.433 e. The summed E-state index contributed by atoms with van der Waals surface area (Å²) in [6.45, 7) is 3.68. The van der Waals surface area contributed by atoms with Gasteiger partial charge in [-0.15, -0.1) is 0 Å². The molecule has 0 spiro atoms. The number of anilines is 1. The van der Waals surface area contributed by atoms with E-state index in [9.17, 15) is 18.0 Å². The molecule has 116 valence electrons. The number of pyridine rings is 1. The minimum atomic E-state index is -4.56. The van der Waals surface area contributed by atoms with Crippen molar-refractivity contribution in [2.75, 3.05) is 24.5 Å². The highest BCUT2D eigenvalue weighted by molar-refractivity contribution is 5.97. The van der Waals surface area contributed by atoms with Crippen molar-refractivity contribution in [2.45, 2.75) is 25.6 Å². The summed E-state index contributed by atoms with van der Waals surface area (Å²) in [6, 6.07) is 1.88. The van der Waals surface area contributed by atoms with E-state index in [1.54, 1.807) is 4.90 Å². The Balaban J connectivity index is 2.48. The van der Waals surface area contributed by atoms with E-state index in [1.807, 2.05) is 6.92 Å². The van der Waals surface area contributed by atoms with Gasteiger partial charge in [-0.05, 0) is 32.0 Å². The second kappa shape index (κ2) is 5.88. The van der Waals surface area contributed by atoms with Gasteiger partial charge in [0.05, 0.1) is 5.56 Å². The molecule has 0 radical (unpaired) electrons. The van der Waals surface area contributed by atoms with Crippen molar-refractivity contribution in [1.29, 1.82) is 0 Å². The molecule has 2 rings (SSSR count). The number of halogens is 3. The van der Waals surface area contributed by atoms with Gasteiger partial charge >= 0.3 is 6.18 Å². The third-order valence-electron chi connectivity index (χ3n) is 3.52. The normalized spacial score (nSPS) is 18.8. The molecule has 2 heterocycles. The van der Waals surface area contributed by atoms with Gasteiger partial charge in [0, 0.05) is 19.1 Å². The molecule has 0 bridgehead atoms. The van der Waals surface area contributed by atoms with Gasteiger partial charge in [-0.1, -0.05) is 0 Å². The van der Waals surface area contributed by atoms with Gasteiger partial charge in [0.25, 0.3) is 5.91 Å². The number of rotatable bonds is 4. The Labute approximate surface area is 120 Å². The number of nitrogens with two attached hydrogens (primary N) is 1. The highest BCUT2D eigenvalue weighted by Gasteiger charge is 2.35. The molecule has 1 aromatic heterocycles. The number of hydrogen-bond donors (Lipinski definition) is 2. The van der Waals surface area contributed by atoms with Crippen LogP contribution in [-0.2, 0) is 6.18 Å². The van der Waals surface area contributed by atoms with Crippen LogP contribution in [0.25, 0.3) is 0 Å². The van der Waals surface area contributed by atoms with Crippen LogP contribution in [-0.4, -0.2) is 36.6 Å². The number of hydrogen-bond acceptors (Lipinski definition) is 4. The summed E-state index contributed by atoms with van der Waals surface area (Å²) in [7, 11) is 0. The Morgan fingerprint density at radius 1 is 1.52 bits per heavy atom. The molecular weight excluding hydrogens is 285 g/mol. The lowest BCUT2D eigenvalue weighted by atomic mass is 10.1. The molecule has 1 amide bonds. The van der Waals surface area contributed by atoms with Crippen molar-refractivity contribution in [2.24, 2.45) is 5.73 Å². The van der Waals surface area contributed by atoms with Crippen LogP contribution in [0.2, 0.25) is 0 Å². The third-order valence-corrected chi connectivity index (χ3v) is 3.52. The fourth-order valence-corrected chi connectivity index (χ4v) is 2.50. The number of amides is 1. The smallest absolute Gasteiger partial charge is 0.365 e. The summed E-state index contributed by atoms with van der Waals surface area (Å²) in [5.41, 5.74) is 4.25. The Morgan fingerprint density at radius 2 is 2.24 bits per heavy atom. The van der Waals surface area contributed by atoms with E-state index < -0.39 is 17.8 Å². The lowest BCUT2D eigenvalue weighted by Gasteiger charge is -2.30. The molecule has 0 aliphatic carbocycles. The number of nitrogens with zero attached hydrogens (tertiary/aromatic N) is 2. The molecule has 3 N–H and O–H groups in total. The lowest BCUT2D eigenvalue weighted by Crippen LogP contribution is -2.39. The van der Waals surface area contributed by atoms with Gasteiger partial charge in [-0.2, -0.15) is 13.2 Å². The Bertz CT molecular complexity index is 527. The standard InChI is InChI=1S/C13H17F3N4O/c1-2-20(8-5-6-18-7-8)12-9(11(17)21)3-4-10(19-12)13(14,15)16/h3-4,8,18H,2,5-7H2,1H3,(H2,17,21). The van der Waals surface area contributed by atoms with E-state index in [1.165, 1.54) is 0 Å². The van der Waals surface area contributed by atoms with Crippen LogP contribution >= 0.6 is 0 Å². The summed E-state index contributed by atoms with van der Waals surface area (Å²) in [5, 5.41) is 3.14. The SMILES string of the molecule is CCN(c1nc(C(F)(F)F)ccc1C(N)=O)C1CCNC1. The van der Waals surface area contributed by atoms with Crippen LogP contribution in [0, 0.1) is 0 Å². The number of carbonyl (C=O) groups excluding carboxylic acids is 1. The molecule has 1 atom stereocenters. The fourth-order valence-electron chi connectivity index (χ4n) is 2.50. The Hall–Kier alpha value is -1.83. The number of aromatic nitrogens is 1. The zero-order valence-corrected chi connectivity index (χ0v) is 11.6. The maximum atomic E-state index is 12.8. The summed E-state index contributed by atoms with van der Waals surface area (Å²) < 4.78 is 38.5. The monoisotopic (exact) mass is 302 g/mol. The molecule has 0 saturated carbocycles. The Kier molecular flexibility index (Phi) is 4.36. The summed E-state index contributed by atoms with van der Waals surface area (Å²) >= 11 is 0. The van der Waals surface area contributed by atoms with E-state index in [4.69, 9.17) is 5.73 Å². The molecule has 1 saturated heterocycles. The molecule has 5 nitrogen and oxygen atoms in total. The first-order chi connectivity index (χ1) is 9.84. The van der Waals surface area contributed by atoms with Crippen molar-refractivity contribution in [3.05, 3.63) is 23.4 Å². The third kappa shape index (κ3) is 3.26. The molecule has 1 fully saturated rings. The Morgan fingerprint density at radius 3 is 2.71 bits per heavy atom. The molecule has 8 heteroatoms. The highest BCUT2D eigenvalue weighted by Crippen LogP contribution is 2.31. The number of likely N-dealkylation sites (N-methyl/N-ethyl adjacent to an activating group) is 1. The first-order valence-electron chi connectivity index (χ1n) is 6.70. The number of carbonyl (C=O) groups is 1. The van der Waals surface area contributed by atoms with E-state index in [-0.39, 0.29) is 17.4 Å². The molecule has 0 aromatic carbocycles. The first kappa shape index (κ1) is 15.6. The summed E-state index contributed by atoms with van der Waals surface area (Å²) in [4.78, 5) is 16.8.